The van der Waals surface area contributed by atoms with Gasteiger partial charge in [0.25, 0.3) is 5.69 Å². The molecule has 1 aromatic rings. The highest BCUT2D eigenvalue weighted by Gasteiger charge is 2.43. The van der Waals surface area contributed by atoms with E-state index in [1.165, 1.54) is 0 Å². The maximum absolute atomic E-state index is 13.5. The smallest absolute Gasteiger partial charge is 0.381 e. The Hall–Kier alpha value is -1.57. The van der Waals surface area contributed by atoms with Crippen molar-refractivity contribution in [3.8, 4) is 0 Å². The number of benzene rings is 1. The Morgan fingerprint density at radius 3 is 2.53 bits per heavy atom. The summed E-state index contributed by atoms with van der Waals surface area (Å²) in [5.74, 6) is -5.70. The van der Waals surface area contributed by atoms with Crippen LogP contribution in [0.1, 0.15) is 5.56 Å². The van der Waals surface area contributed by atoms with Crippen LogP contribution in [0, 0.1) is 10.1 Å². The first-order valence-corrected chi connectivity index (χ1v) is 5.00. The van der Waals surface area contributed by atoms with Crippen LogP contribution < -0.4 is 0 Å². The summed E-state index contributed by atoms with van der Waals surface area (Å²) in [4.78, 5) is 20.5. The molecule has 0 bridgehead atoms. The lowest BCUT2D eigenvalue weighted by molar-refractivity contribution is -0.385. The molecule has 0 saturated carbocycles. The Bertz CT molecular complexity index is 478. The van der Waals surface area contributed by atoms with E-state index in [9.17, 15) is 23.7 Å². The first kappa shape index (κ1) is 13.5. The molecule has 0 aliphatic rings. The molecule has 0 atom stereocenters. The summed E-state index contributed by atoms with van der Waals surface area (Å²) in [5.41, 5.74) is -1.34. The van der Waals surface area contributed by atoms with E-state index in [0.717, 1.165) is 19.2 Å². The summed E-state index contributed by atoms with van der Waals surface area (Å²) in [6.07, 6.45) is 0. The predicted molar refractivity (Wildman–Crippen MR) is 56.7 cm³/mol. The van der Waals surface area contributed by atoms with E-state index in [1.54, 1.807) is 0 Å². The van der Waals surface area contributed by atoms with Crippen molar-refractivity contribution in [1.82, 2.24) is 0 Å². The standard InChI is InChI=1S/C9H6BrF2NO4/c1-17-8(14)9(11,12)5-2-6(10)4-7(3-5)13(15)16/h2-4H,1H3. The van der Waals surface area contributed by atoms with E-state index in [0.29, 0.717) is 6.07 Å². The van der Waals surface area contributed by atoms with Crippen molar-refractivity contribution >= 4 is 27.6 Å². The van der Waals surface area contributed by atoms with Crippen molar-refractivity contribution in [2.75, 3.05) is 7.11 Å². The maximum atomic E-state index is 13.5. The molecule has 0 fully saturated rings. The Kier molecular flexibility index (Phi) is 3.76. The van der Waals surface area contributed by atoms with Gasteiger partial charge in [0.2, 0.25) is 0 Å². The first-order valence-electron chi connectivity index (χ1n) is 4.20. The molecule has 0 saturated heterocycles. The third-order valence-electron chi connectivity index (χ3n) is 1.90. The van der Waals surface area contributed by atoms with Crippen molar-refractivity contribution < 1.29 is 23.2 Å². The summed E-state index contributed by atoms with van der Waals surface area (Å²) in [6.45, 7) is 0. The van der Waals surface area contributed by atoms with Gasteiger partial charge in [0.15, 0.2) is 0 Å². The van der Waals surface area contributed by atoms with Crippen LogP contribution in [0.25, 0.3) is 0 Å². The number of esters is 1. The molecule has 1 aromatic carbocycles. The minimum atomic E-state index is -3.93. The summed E-state index contributed by atoms with van der Waals surface area (Å²) < 4.78 is 30.9. The largest absolute Gasteiger partial charge is 0.464 e. The Morgan fingerprint density at radius 1 is 1.47 bits per heavy atom. The van der Waals surface area contributed by atoms with Gasteiger partial charge in [-0.3, -0.25) is 10.1 Å². The van der Waals surface area contributed by atoms with Crippen molar-refractivity contribution in [3.63, 3.8) is 0 Å². The number of ether oxygens (including phenoxy) is 1. The van der Waals surface area contributed by atoms with Gasteiger partial charge in [0, 0.05) is 22.2 Å². The lowest BCUT2D eigenvalue weighted by Crippen LogP contribution is -2.27. The van der Waals surface area contributed by atoms with E-state index < -0.39 is 28.1 Å². The summed E-state index contributed by atoms with van der Waals surface area (Å²) >= 11 is 2.85. The Labute approximate surface area is 103 Å². The third-order valence-corrected chi connectivity index (χ3v) is 2.36. The molecule has 0 spiro atoms. The lowest BCUT2D eigenvalue weighted by atomic mass is 10.1. The van der Waals surface area contributed by atoms with Crippen LogP contribution in [0.2, 0.25) is 0 Å². The number of nitro benzene ring substituents is 1. The van der Waals surface area contributed by atoms with Gasteiger partial charge >= 0.3 is 11.9 Å². The van der Waals surface area contributed by atoms with Gasteiger partial charge < -0.3 is 4.74 Å². The zero-order valence-electron chi connectivity index (χ0n) is 8.45. The van der Waals surface area contributed by atoms with E-state index in [-0.39, 0.29) is 4.47 Å². The van der Waals surface area contributed by atoms with Crippen molar-refractivity contribution in [2.45, 2.75) is 5.92 Å². The van der Waals surface area contributed by atoms with Crippen LogP contribution in [-0.4, -0.2) is 18.0 Å². The number of carbonyl (C=O) groups is 1. The topological polar surface area (TPSA) is 69.4 Å². The van der Waals surface area contributed by atoms with Gasteiger partial charge in [-0.05, 0) is 6.07 Å². The summed E-state index contributed by atoms with van der Waals surface area (Å²) in [7, 11) is 0.808. The van der Waals surface area contributed by atoms with Gasteiger partial charge in [-0.25, -0.2) is 4.79 Å². The van der Waals surface area contributed by atoms with Gasteiger partial charge in [0.1, 0.15) is 0 Å². The fourth-order valence-electron chi connectivity index (χ4n) is 1.11. The van der Waals surface area contributed by atoms with Crippen LogP contribution in [-0.2, 0) is 15.5 Å². The van der Waals surface area contributed by atoms with Crippen LogP contribution in [0.3, 0.4) is 0 Å². The minimum absolute atomic E-state index is 0.0743. The average Bonchev–Trinajstić information content (AvgIpc) is 2.26. The molecule has 1 rings (SSSR count). The van der Waals surface area contributed by atoms with Crippen LogP contribution in [0.5, 0.6) is 0 Å². The van der Waals surface area contributed by atoms with E-state index >= 15 is 0 Å². The molecule has 0 aromatic heterocycles. The molecule has 0 unspecified atom stereocenters. The van der Waals surface area contributed by atoms with Gasteiger partial charge in [-0.2, -0.15) is 8.78 Å². The molecule has 0 amide bonds. The lowest BCUT2D eigenvalue weighted by Gasteiger charge is -2.13. The molecular formula is C9H6BrF2NO4. The number of rotatable bonds is 3. The predicted octanol–water partition coefficient (Wildman–Crippen LogP) is 2.62. The number of carbonyl (C=O) groups excluding carboxylic acids is 1. The number of alkyl halides is 2. The maximum Gasteiger partial charge on any atom is 0.381 e. The fourth-order valence-corrected chi connectivity index (χ4v) is 1.59. The van der Waals surface area contributed by atoms with Gasteiger partial charge in [-0.1, -0.05) is 15.9 Å². The zero-order valence-corrected chi connectivity index (χ0v) is 10.0. The molecule has 5 nitrogen and oxygen atoms in total. The Balaban J connectivity index is 3.31. The van der Waals surface area contributed by atoms with Crippen molar-refractivity contribution in [1.29, 1.82) is 0 Å². The fraction of sp³-hybridized carbons (Fsp3) is 0.222. The zero-order chi connectivity index (χ0) is 13.2. The molecule has 0 aliphatic carbocycles. The number of non-ortho nitro benzene ring substituents is 1. The second kappa shape index (κ2) is 4.74. The molecule has 92 valence electrons. The van der Waals surface area contributed by atoms with E-state index in [1.807, 2.05) is 0 Å². The summed E-state index contributed by atoms with van der Waals surface area (Å²) in [6, 6.07) is 2.60. The van der Waals surface area contributed by atoms with Crippen molar-refractivity contribution in [2.24, 2.45) is 0 Å². The van der Waals surface area contributed by atoms with Gasteiger partial charge in [0.05, 0.1) is 12.0 Å². The highest BCUT2D eigenvalue weighted by molar-refractivity contribution is 9.10. The highest BCUT2D eigenvalue weighted by Crippen LogP contribution is 2.33. The number of nitrogens with zero attached hydrogens (tertiary/aromatic N) is 1. The van der Waals surface area contributed by atoms with E-state index in [4.69, 9.17) is 0 Å². The molecule has 0 N–H and O–H groups in total. The third kappa shape index (κ3) is 2.76. The molecular weight excluding hydrogens is 304 g/mol. The quantitative estimate of drug-likeness (QED) is 0.489. The average molecular weight is 310 g/mol. The Morgan fingerprint density at radius 2 is 2.06 bits per heavy atom. The highest BCUT2D eigenvalue weighted by atomic mass is 79.9. The summed E-state index contributed by atoms with van der Waals surface area (Å²) in [5, 5.41) is 10.5. The second-order valence-electron chi connectivity index (χ2n) is 3.02. The molecule has 0 radical (unpaired) electrons. The van der Waals surface area contributed by atoms with Crippen molar-refractivity contribution in [3.05, 3.63) is 38.3 Å². The van der Waals surface area contributed by atoms with E-state index in [2.05, 4.69) is 20.7 Å². The minimum Gasteiger partial charge on any atom is -0.464 e. The normalized spacial score (nSPS) is 11.1. The first-order chi connectivity index (χ1) is 7.78. The van der Waals surface area contributed by atoms with Crippen LogP contribution >= 0.6 is 15.9 Å². The van der Waals surface area contributed by atoms with Gasteiger partial charge in [-0.15, -0.1) is 0 Å². The SMILES string of the molecule is COC(=O)C(F)(F)c1cc(Br)cc([N+](=O)[O-])c1. The second-order valence-corrected chi connectivity index (χ2v) is 3.94. The number of methoxy groups -OCH3 is 1. The molecule has 0 aliphatic heterocycles. The number of hydrogen-bond acceptors (Lipinski definition) is 4. The van der Waals surface area contributed by atoms with Crippen LogP contribution in [0.4, 0.5) is 14.5 Å². The molecule has 8 heteroatoms. The number of nitro groups is 1. The molecule has 0 heterocycles. The molecule has 17 heavy (non-hydrogen) atoms. The van der Waals surface area contributed by atoms with Crippen LogP contribution in [0.15, 0.2) is 22.7 Å². The number of hydrogen-bond donors (Lipinski definition) is 0. The monoisotopic (exact) mass is 309 g/mol. The number of halogens is 3.